The molecular weight excluding hydrogens is 230 g/mol. The molecule has 1 heterocycles. The predicted molar refractivity (Wildman–Crippen MR) is 71.8 cm³/mol. The lowest BCUT2D eigenvalue weighted by Gasteiger charge is -2.23. The maximum Gasteiger partial charge on any atom is 0.254 e. The van der Waals surface area contributed by atoms with Gasteiger partial charge in [0.05, 0.1) is 12.6 Å². The first-order valence-corrected chi connectivity index (χ1v) is 6.10. The predicted octanol–water partition coefficient (Wildman–Crippen LogP) is 1.27. The molecule has 1 aromatic heterocycles. The number of aliphatic hydroxyl groups is 1. The van der Waals surface area contributed by atoms with Crippen molar-refractivity contribution in [3.63, 3.8) is 0 Å². The summed E-state index contributed by atoms with van der Waals surface area (Å²) >= 11 is 0. The fourth-order valence-electron chi connectivity index (χ4n) is 1.59. The van der Waals surface area contributed by atoms with E-state index in [0.717, 1.165) is 12.2 Å². The number of amides is 1. The van der Waals surface area contributed by atoms with E-state index in [0.29, 0.717) is 11.4 Å². The summed E-state index contributed by atoms with van der Waals surface area (Å²) < 4.78 is 0. The highest BCUT2D eigenvalue weighted by atomic mass is 16.3. The molecule has 0 saturated carbocycles. The topological polar surface area (TPSA) is 65.5 Å². The highest BCUT2D eigenvalue weighted by Gasteiger charge is 2.17. The second kappa shape index (κ2) is 6.35. The van der Waals surface area contributed by atoms with E-state index in [1.165, 1.54) is 4.90 Å². The first-order valence-electron chi connectivity index (χ1n) is 6.10. The van der Waals surface area contributed by atoms with Gasteiger partial charge in [-0.25, -0.2) is 4.98 Å². The Hall–Kier alpha value is -1.62. The third-order valence-electron chi connectivity index (χ3n) is 2.80. The van der Waals surface area contributed by atoms with Crippen LogP contribution >= 0.6 is 0 Å². The third kappa shape index (κ3) is 3.43. The lowest BCUT2D eigenvalue weighted by atomic mass is 10.1. The van der Waals surface area contributed by atoms with Gasteiger partial charge in [-0.1, -0.05) is 0 Å². The van der Waals surface area contributed by atoms with Gasteiger partial charge in [-0.2, -0.15) is 0 Å². The van der Waals surface area contributed by atoms with Gasteiger partial charge in [0.2, 0.25) is 0 Å². The molecule has 0 bridgehead atoms. The number of aromatic nitrogens is 1. The maximum atomic E-state index is 12.2. The molecule has 1 amide bonds. The van der Waals surface area contributed by atoms with Crippen molar-refractivity contribution >= 4 is 11.7 Å². The van der Waals surface area contributed by atoms with E-state index in [1.54, 1.807) is 26.1 Å². The number of aryl methyl sites for hydroxylation is 1. The Morgan fingerprint density at radius 3 is 2.78 bits per heavy atom. The van der Waals surface area contributed by atoms with Crippen molar-refractivity contribution in [2.45, 2.75) is 26.8 Å². The molecule has 1 atom stereocenters. The van der Waals surface area contributed by atoms with Crippen LogP contribution in [0.5, 0.6) is 0 Å². The van der Waals surface area contributed by atoms with Crippen LogP contribution in [0.4, 0.5) is 5.82 Å². The van der Waals surface area contributed by atoms with E-state index in [-0.39, 0.29) is 18.6 Å². The monoisotopic (exact) mass is 251 g/mol. The van der Waals surface area contributed by atoms with E-state index in [9.17, 15) is 4.79 Å². The SMILES string of the molecule is CCNc1cc(C(=O)N(C)C(C)CO)cc(C)n1. The smallest absolute Gasteiger partial charge is 0.254 e. The van der Waals surface area contributed by atoms with Crippen molar-refractivity contribution in [2.24, 2.45) is 0 Å². The molecule has 0 aromatic carbocycles. The molecule has 0 spiro atoms. The number of anilines is 1. The number of carbonyl (C=O) groups excluding carboxylic acids is 1. The Labute approximate surface area is 108 Å². The Balaban J connectivity index is 2.98. The molecule has 5 heteroatoms. The van der Waals surface area contributed by atoms with E-state index < -0.39 is 0 Å². The fourth-order valence-corrected chi connectivity index (χ4v) is 1.59. The van der Waals surface area contributed by atoms with Crippen molar-refractivity contribution in [3.8, 4) is 0 Å². The minimum Gasteiger partial charge on any atom is -0.394 e. The molecular formula is C13H21N3O2. The van der Waals surface area contributed by atoms with Crippen molar-refractivity contribution in [1.82, 2.24) is 9.88 Å². The molecule has 5 nitrogen and oxygen atoms in total. The largest absolute Gasteiger partial charge is 0.394 e. The summed E-state index contributed by atoms with van der Waals surface area (Å²) in [5, 5.41) is 12.2. The van der Waals surface area contributed by atoms with Gasteiger partial charge in [0.25, 0.3) is 5.91 Å². The molecule has 0 aliphatic heterocycles. The quantitative estimate of drug-likeness (QED) is 0.827. The lowest BCUT2D eigenvalue weighted by Crippen LogP contribution is -2.37. The number of aliphatic hydroxyl groups excluding tert-OH is 1. The molecule has 18 heavy (non-hydrogen) atoms. The Kier molecular flexibility index (Phi) is 5.09. The Morgan fingerprint density at radius 2 is 2.22 bits per heavy atom. The summed E-state index contributed by atoms with van der Waals surface area (Å²) in [6, 6.07) is 3.29. The number of pyridine rings is 1. The zero-order valence-corrected chi connectivity index (χ0v) is 11.4. The maximum absolute atomic E-state index is 12.2. The van der Waals surface area contributed by atoms with Gasteiger partial charge in [-0.05, 0) is 32.9 Å². The van der Waals surface area contributed by atoms with Gasteiger partial charge in [0.1, 0.15) is 5.82 Å². The normalized spacial score (nSPS) is 12.1. The van der Waals surface area contributed by atoms with Gasteiger partial charge in [0, 0.05) is 24.8 Å². The number of likely N-dealkylation sites (N-methyl/N-ethyl adjacent to an activating group) is 1. The molecule has 2 N–H and O–H groups in total. The lowest BCUT2D eigenvalue weighted by molar-refractivity contribution is 0.0682. The minimum absolute atomic E-state index is 0.0492. The van der Waals surface area contributed by atoms with Gasteiger partial charge in [0.15, 0.2) is 0 Å². The van der Waals surface area contributed by atoms with Crippen LogP contribution in [0.1, 0.15) is 29.9 Å². The summed E-state index contributed by atoms with van der Waals surface area (Å²) in [6.07, 6.45) is 0. The zero-order valence-electron chi connectivity index (χ0n) is 11.4. The highest BCUT2D eigenvalue weighted by Crippen LogP contribution is 2.13. The first kappa shape index (κ1) is 14.4. The van der Waals surface area contributed by atoms with Crippen molar-refractivity contribution in [3.05, 3.63) is 23.4 Å². The molecule has 0 aliphatic carbocycles. The van der Waals surface area contributed by atoms with Crippen LogP contribution in [0.3, 0.4) is 0 Å². The number of nitrogens with zero attached hydrogens (tertiary/aromatic N) is 2. The van der Waals surface area contributed by atoms with Crippen LogP contribution in [0, 0.1) is 6.92 Å². The zero-order chi connectivity index (χ0) is 13.7. The molecule has 1 aromatic rings. The van der Waals surface area contributed by atoms with Crippen molar-refractivity contribution in [1.29, 1.82) is 0 Å². The van der Waals surface area contributed by atoms with Crippen LogP contribution in [-0.2, 0) is 0 Å². The Morgan fingerprint density at radius 1 is 1.56 bits per heavy atom. The van der Waals surface area contributed by atoms with E-state index in [2.05, 4.69) is 10.3 Å². The van der Waals surface area contributed by atoms with Crippen LogP contribution < -0.4 is 5.32 Å². The average Bonchev–Trinajstić information content (AvgIpc) is 2.35. The third-order valence-corrected chi connectivity index (χ3v) is 2.80. The number of nitrogens with one attached hydrogen (secondary N) is 1. The molecule has 100 valence electrons. The number of rotatable bonds is 5. The average molecular weight is 251 g/mol. The van der Waals surface area contributed by atoms with E-state index >= 15 is 0 Å². The van der Waals surface area contributed by atoms with E-state index in [4.69, 9.17) is 5.11 Å². The second-order valence-electron chi connectivity index (χ2n) is 4.36. The van der Waals surface area contributed by atoms with Crippen molar-refractivity contribution < 1.29 is 9.90 Å². The standard InChI is InChI=1S/C13H21N3O2/c1-5-14-12-7-11(6-9(2)15-12)13(18)16(4)10(3)8-17/h6-7,10,17H,5,8H2,1-4H3,(H,14,15). The molecule has 1 unspecified atom stereocenters. The van der Waals surface area contributed by atoms with Crippen LogP contribution in [0.15, 0.2) is 12.1 Å². The molecule has 0 saturated heterocycles. The van der Waals surface area contributed by atoms with Crippen LogP contribution in [0.25, 0.3) is 0 Å². The highest BCUT2D eigenvalue weighted by molar-refractivity contribution is 5.95. The molecule has 0 fully saturated rings. The molecule has 0 aliphatic rings. The van der Waals surface area contributed by atoms with Crippen LogP contribution in [0.2, 0.25) is 0 Å². The van der Waals surface area contributed by atoms with Crippen molar-refractivity contribution in [2.75, 3.05) is 25.5 Å². The van der Waals surface area contributed by atoms with E-state index in [1.807, 2.05) is 13.8 Å². The summed E-state index contributed by atoms with van der Waals surface area (Å²) in [6.45, 7) is 6.34. The Bertz CT molecular complexity index is 421. The summed E-state index contributed by atoms with van der Waals surface area (Å²) in [4.78, 5) is 18.0. The van der Waals surface area contributed by atoms with Gasteiger partial charge in [-0.3, -0.25) is 4.79 Å². The summed E-state index contributed by atoms with van der Waals surface area (Å²) in [5.74, 6) is 0.590. The van der Waals surface area contributed by atoms with Gasteiger partial charge < -0.3 is 15.3 Å². The fraction of sp³-hybridized carbons (Fsp3) is 0.538. The number of hydrogen-bond donors (Lipinski definition) is 2. The molecule has 1 rings (SSSR count). The number of hydrogen-bond acceptors (Lipinski definition) is 4. The number of carbonyl (C=O) groups is 1. The first-order chi connectivity index (χ1) is 8.49. The molecule has 0 radical (unpaired) electrons. The minimum atomic E-state index is -0.200. The van der Waals surface area contributed by atoms with Gasteiger partial charge in [-0.15, -0.1) is 0 Å². The second-order valence-corrected chi connectivity index (χ2v) is 4.36. The summed E-state index contributed by atoms with van der Waals surface area (Å²) in [7, 11) is 1.69. The van der Waals surface area contributed by atoms with Gasteiger partial charge >= 0.3 is 0 Å². The summed E-state index contributed by atoms with van der Waals surface area (Å²) in [5.41, 5.74) is 1.38. The van der Waals surface area contributed by atoms with Crippen LogP contribution in [-0.4, -0.2) is 47.1 Å².